The van der Waals surface area contributed by atoms with Crippen LogP contribution in [-0.2, 0) is 0 Å². The van der Waals surface area contributed by atoms with Crippen molar-refractivity contribution in [2.75, 3.05) is 12.3 Å². The van der Waals surface area contributed by atoms with Gasteiger partial charge < -0.3 is 5.32 Å². The van der Waals surface area contributed by atoms with Crippen LogP contribution in [-0.4, -0.2) is 12.3 Å². The van der Waals surface area contributed by atoms with E-state index in [0.717, 1.165) is 6.54 Å². The minimum absolute atomic E-state index is 0.455. The van der Waals surface area contributed by atoms with Gasteiger partial charge in [-0.1, -0.05) is 18.2 Å². The molecule has 2 aromatic rings. The first-order chi connectivity index (χ1) is 9.24. The lowest BCUT2D eigenvalue weighted by atomic mass is 10.0. The van der Waals surface area contributed by atoms with Crippen LogP contribution in [0.2, 0.25) is 0 Å². The molecule has 100 valence electrons. The third kappa shape index (κ3) is 2.88. The second-order valence-corrected chi connectivity index (χ2v) is 7.51. The van der Waals surface area contributed by atoms with Gasteiger partial charge in [-0.05, 0) is 37.6 Å². The zero-order valence-electron chi connectivity index (χ0n) is 11.3. The highest BCUT2D eigenvalue weighted by atomic mass is 32.2. The predicted molar refractivity (Wildman–Crippen MR) is 85.4 cm³/mol. The molecule has 19 heavy (non-hydrogen) atoms. The third-order valence-corrected chi connectivity index (χ3v) is 6.09. The quantitative estimate of drug-likeness (QED) is 0.883. The molecular formula is C16H19NS2. The first kappa shape index (κ1) is 13.2. The van der Waals surface area contributed by atoms with Crippen LogP contribution in [0.25, 0.3) is 0 Å². The Morgan fingerprint density at radius 3 is 2.89 bits per heavy atom. The Kier molecular flexibility index (Phi) is 3.96. The summed E-state index contributed by atoms with van der Waals surface area (Å²) < 4.78 is 0. The monoisotopic (exact) mass is 289 g/mol. The zero-order valence-corrected chi connectivity index (χ0v) is 13.0. The molecule has 1 aromatic carbocycles. The number of rotatable bonds is 4. The summed E-state index contributed by atoms with van der Waals surface area (Å²) >= 11 is 3.89. The van der Waals surface area contributed by atoms with Crippen LogP contribution in [0.1, 0.15) is 34.2 Å². The Morgan fingerprint density at radius 2 is 2.11 bits per heavy atom. The van der Waals surface area contributed by atoms with Crippen molar-refractivity contribution in [1.82, 2.24) is 5.32 Å². The lowest BCUT2D eigenvalue weighted by Crippen LogP contribution is -2.24. The van der Waals surface area contributed by atoms with Gasteiger partial charge >= 0.3 is 0 Å². The summed E-state index contributed by atoms with van der Waals surface area (Å²) in [4.78, 5) is 4.30. The van der Waals surface area contributed by atoms with E-state index in [1.54, 1.807) is 0 Å². The molecule has 0 amide bonds. The van der Waals surface area contributed by atoms with Crippen LogP contribution in [0.5, 0.6) is 0 Å². The van der Waals surface area contributed by atoms with Crippen molar-refractivity contribution in [3.63, 3.8) is 0 Å². The van der Waals surface area contributed by atoms with Crippen LogP contribution < -0.4 is 5.32 Å². The number of hydrogen-bond acceptors (Lipinski definition) is 3. The molecule has 0 radical (unpaired) electrons. The maximum atomic E-state index is 3.69. The Hall–Kier alpha value is -0.770. The molecule has 0 fully saturated rings. The largest absolute Gasteiger partial charge is 0.309 e. The van der Waals surface area contributed by atoms with Gasteiger partial charge in [0.1, 0.15) is 0 Å². The molecule has 2 atom stereocenters. The van der Waals surface area contributed by atoms with Gasteiger partial charge in [-0.25, -0.2) is 0 Å². The molecule has 0 saturated carbocycles. The van der Waals surface area contributed by atoms with Gasteiger partial charge in [0.05, 0.1) is 0 Å². The van der Waals surface area contributed by atoms with Crippen LogP contribution in [0.3, 0.4) is 0 Å². The average molecular weight is 289 g/mol. The van der Waals surface area contributed by atoms with E-state index in [-0.39, 0.29) is 0 Å². The molecule has 3 rings (SSSR count). The highest BCUT2D eigenvalue weighted by Crippen LogP contribution is 2.39. The normalized spacial score (nSPS) is 19.4. The first-order valence-corrected chi connectivity index (χ1v) is 8.55. The second kappa shape index (κ2) is 5.70. The number of fused-ring (bicyclic) bond motifs is 1. The molecule has 3 heteroatoms. The fourth-order valence-corrected chi connectivity index (χ4v) is 4.66. The van der Waals surface area contributed by atoms with E-state index in [0.29, 0.717) is 12.0 Å². The van der Waals surface area contributed by atoms with Crippen LogP contribution >= 0.6 is 23.1 Å². The maximum absolute atomic E-state index is 3.69. The molecule has 1 N–H and O–H groups in total. The summed E-state index contributed by atoms with van der Waals surface area (Å²) in [7, 11) is 0. The van der Waals surface area contributed by atoms with Gasteiger partial charge in [0.25, 0.3) is 0 Å². The van der Waals surface area contributed by atoms with Gasteiger partial charge in [-0.2, -0.15) is 0 Å². The smallest absolute Gasteiger partial charge is 0.0386 e. The van der Waals surface area contributed by atoms with Crippen LogP contribution in [0.4, 0.5) is 0 Å². The first-order valence-electron chi connectivity index (χ1n) is 6.75. The SMILES string of the molecule is Cc1ccc(C(C)NCC2CSc3ccccc32)s1. The van der Waals surface area contributed by atoms with E-state index in [9.17, 15) is 0 Å². The Morgan fingerprint density at radius 1 is 1.26 bits per heavy atom. The minimum atomic E-state index is 0.455. The lowest BCUT2D eigenvalue weighted by Gasteiger charge is -2.16. The van der Waals surface area contributed by atoms with Crippen molar-refractivity contribution in [2.24, 2.45) is 0 Å². The predicted octanol–water partition coefficient (Wildman–Crippen LogP) is 4.60. The van der Waals surface area contributed by atoms with Crippen LogP contribution in [0.15, 0.2) is 41.3 Å². The molecule has 0 spiro atoms. The van der Waals surface area contributed by atoms with E-state index in [4.69, 9.17) is 0 Å². The van der Waals surface area contributed by atoms with Crippen LogP contribution in [0, 0.1) is 6.92 Å². The topological polar surface area (TPSA) is 12.0 Å². The van der Waals surface area contributed by atoms with Gasteiger partial charge in [-0.3, -0.25) is 0 Å². The van der Waals surface area contributed by atoms with Crippen molar-refractivity contribution in [1.29, 1.82) is 0 Å². The average Bonchev–Trinajstić information content (AvgIpc) is 3.02. The second-order valence-electron chi connectivity index (χ2n) is 5.12. The Balaban J connectivity index is 1.62. The summed E-state index contributed by atoms with van der Waals surface area (Å²) in [5.74, 6) is 1.87. The lowest BCUT2D eigenvalue weighted by molar-refractivity contribution is 0.547. The molecule has 2 heterocycles. The number of aryl methyl sites for hydroxylation is 1. The summed E-state index contributed by atoms with van der Waals surface area (Å²) in [6.07, 6.45) is 0. The molecule has 0 saturated heterocycles. The van der Waals surface area contributed by atoms with E-state index in [1.165, 1.54) is 26.0 Å². The van der Waals surface area contributed by atoms with Gasteiger partial charge in [0.15, 0.2) is 0 Å². The molecule has 0 aliphatic carbocycles. The molecule has 1 aliphatic rings. The zero-order chi connectivity index (χ0) is 13.2. The summed E-state index contributed by atoms with van der Waals surface area (Å²) in [6, 6.07) is 13.7. The minimum Gasteiger partial charge on any atom is -0.309 e. The number of nitrogens with one attached hydrogen (secondary N) is 1. The molecule has 0 bridgehead atoms. The van der Waals surface area contributed by atoms with Crippen molar-refractivity contribution in [3.05, 3.63) is 51.7 Å². The molecule has 1 aromatic heterocycles. The Labute approximate surface area is 123 Å². The molecule has 1 aliphatic heterocycles. The molecular weight excluding hydrogens is 270 g/mol. The number of hydrogen-bond donors (Lipinski definition) is 1. The van der Waals surface area contributed by atoms with E-state index < -0.39 is 0 Å². The number of thioether (sulfide) groups is 1. The fourth-order valence-electron chi connectivity index (χ4n) is 2.50. The van der Waals surface area contributed by atoms with Crippen molar-refractivity contribution in [3.8, 4) is 0 Å². The maximum Gasteiger partial charge on any atom is 0.0386 e. The summed E-state index contributed by atoms with van der Waals surface area (Å²) in [5.41, 5.74) is 1.52. The number of thiophene rings is 1. The molecule has 1 nitrogen and oxygen atoms in total. The van der Waals surface area contributed by atoms with Crippen molar-refractivity contribution >= 4 is 23.1 Å². The molecule has 2 unspecified atom stereocenters. The highest BCUT2D eigenvalue weighted by molar-refractivity contribution is 7.99. The van der Waals surface area contributed by atoms with Gasteiger partial charge in [-0.15, -0.1) is 23.1 Å². The third-order valence-electron chi connectivity index (χ3n) is 3.66. The number of benzene rings is 1. The Bertz CT molecular complexity index is 561. The van der Waals surface area contributed by atoms with Crippen molar-refractivity contribution in [2.45, 2.75) is 30.7 Å². The summed E-state index contributed by atoms with van der Waals surface area (Å²) in [5, 5.41) is 3.69. The van der Waals surface area contributed by atoms with Gasteiger partial charge in [0.2, 0.25) is 0 Å². The summed E-state index contributed by atoms with van der Waals surface area (Å²) in [6.45, 7) is 5.51. The van der Waals surface area contributed by atoms with E-state index >= 15 is 0 Å². The van der Waals surface area contributed by atoms with Gasteiger partial charge in [0, 0.05) is 38.9 Å². The van der Waals surface area contributed by atoms with E-state index in [2.05, 4.69) is 55.6 Å². The van der Waals surface area contributed by atoms with Crippen molar-refractivity contribution < 1.29 is 0 Å². The fraction of sp³-hybridized carbons (Fsp3) is 0.375. The van der Waals surface area contributed by atoms with E-state index in [1.807, 2.05) is 23.1 Å². The highest BCUT2D eigenvalue weighted by Gasteiger charge is 2.22. The standard InChI is InChI=1S/C16H19NS2/c1-11-7-8-15(19-11)12(2)17-9-13-10-18-16-6-4-3-5-14(13)16/h3-8,12-13,17H,9-10H2,1-2H3.